The first-order chi connectivity index (χ1) is 9.70. The largest absolute Gasteiger partial charge is 0.492 e. The summed E-state index contributed by atoms with van der Waals surface area (Å²) in [5, 5.41) is 4.36. The van der Waals surface area contributed by atoms with Crippen molar-refractivity contribution in [3.8, 4) is 5.75 Å². The molecule has 0 atom stereocenters. The van der Waals surface area contributed by atoms with Crippen LogP contribution in [0.15, 0.2) is 0 Å². The zero-order valence-electron chi connectivity index (χ0n) is 11.9. The average molecular weight is 294 g/mol. The molecule has 2 aliphatic rings. The van der Waals surface area contributed by atoms with Gasteiger partial charge in [-0.2, -0.15) is 0 Å². The predicted octanol–water partition coefficient (Wildman–Crippen LogP) is 3.53. The first-order valence-corrected chi connectivity index (χ1v) is 8.26. The number of nitrogens with one attached hydrogen (secondary N) is 1. The molecule has 3 N–H and O–H groups in total. The molecule has 4 nitrogen and oxygen atoms in total. The fourth-order valence-electron chi connectivity index (χ4n) is 2.91. The molecule has 0 aromatic carbocycles. The van der Waals surface area contributed by atoms with Crippen molar-refractivity contribution in [1.82, 2.24) is 0 Å². The fraction of sp³-hybridized carbons (Fsp3) is 0.667. The number of anilines is 2. The molecule has 2 aliphatic carbocycles. The lowest BCUT2D eigenvalue weighted by molar-refractivity contribution is 0.0972. The van der Waals surface area contributed by atoms with Crippen molar-refractivity contribution in [3.05, 3.63) is 4.88 Å². The van der Waals surface area contributed by atoms with Crippen molar-refractivity contribution in [1.29, 1.82) is 0 Å². The van der Waals surface area contributed by atoms with Gasteiger partial charge in [0.15, 0.2) is 11.5 Å². The van der Waals surface area contributed by atoms with Crippen LogP contribution < -0.4 is 15.8 Å². The van der Waals surface area contributed by atoms with Crippen LogP contribution in [0.3, 0.4) is 0 Å². The number of thiophene rings is 1. The maximum absolute atomic E-state index is 12.2. The summed E-state index contributed by atoms with van der Waals surface area (Å²) in [6.07, 6.45) is 7.27. The molecule has 3 rings (SSSR count). The molecule has 5 heteroatoms. The highest BCUT2D eigenvalue weighted by atomic mass is 32.1. The van der Waals surface area contributed by atoms with Crippen molar-refractivity contribution in [3.63, 3.8) is 0 Å². The summed E-state index contributed by atoms with van der Waals surface area (Å²) in [6.45, 7) is 0.952. The van der Waals surface area contributed by atoms with Crippen molar-refractivity contribution in [2.75, 3.05) is 24.7 Å². The number of methoxy groups -OCH3 is 1. The van der Waals surface area contributed by atoms with Gasteiger partial charge in [0.25, 0.3) is 0 Å². The van der Waals surface area contributed by atoms with Gasteiger partial charge in [-0.15, -0.1) is 11.3 Å². The fourth-order valence-corrected chi connectivity index (χ4v) is 4.03. The molecule has 0 spiro atoms. The summed E-state index contributed by atoms with van der Waals surface area (Å²) in [6, 6.07) is 0. The van der Waals surface area contributed by atoms with Crippen LogP contribution in [0, 0.1) is 11.8 Å². The summed E-state index contributed by atoms with van der Waals surface area (Å²) >= 11 is 1.46. The molecule has 1 aromatic rings. The zero-order chi connectivity index (χ0) is 14.1. The van der Waals surface area contributed by atoms with E-state index in [0.29, 0.717) is 16.3 Å². The standard InChI is InChI=1S/C15H22N2O2S/c1-19-13-11(16)14(12(18)10-6-7-10)20-15(13)17-8-9-4-2-3-5-9/h9-10,17H,2-8,16H2,1H3. The predicted molar refractivity (Wildman–Crippen MR) is 82.8 cm³/mol. The van der Waals surface area contributed by atoms with Crippen molar-refractivity contribution in [2.24, 2.45) is 11.8 Å². The number of carbonyl (C=O) groups is 1. The van der Waals surface area contributed by atoms with E-state index in [1.807, 2.05) is 0 Å². The number of Topliss-reactive ketones (excluding diaryl/α,β-unsaturated/α-hetero) is 1. The van der Waals surface area contributed by atoms with Gasteiger partial charge >= 0.3 is 0 Å². The topological polar surface area (TPSA) is 64.3 Å². The summed E-state index contributed by atoms with van der Waals surface area (Å²) < 4.78 is 5.39. The second-order valence-corrected chi connectivity index (χ2v) is 6.90. The number of hydrogen-bond acceptors (Lipinski definition) is 5. The number of carbonyl (C=O) groups excluding carboxylic acids is 1. The molecule has 0 bridgehead atoms. The van der Waals surface area contributed by atoms with Crippen LogP contribution in [0.2, 0.25) is 0 Å². The summed E-state index contributed by atoms with van der Waals surface area (Å²) in [5.74, 6) is 1.78. The SMILES string of the molecule is COc1c(NCC2CCCC2)sc(C(=O)C2CC2)c1N. The van der Waals surface area contributed by atoms with Crippen molar-refractivity contribution in [2.45, 2.75) is 38.5 Å². The Morgan fingerprint density at radius 2 is 2.05 bits per heavy atom. The second-order valence-electron chi connectivity index (χ2n) is 5.88. The minimum Gasteiger partial charge on any atom is -0.492 e. The number of nitrogen functional groups attached to an aromatic ring is 1. The number of ketones is 1. The van der Waals surface area contributed by atoms with Gasteiger partial charge < -0.3 is 15.8 Å². The van der Waals surface area contributed by atoms with Crippen LogP contribution in [0.25, 0.3) is 0 Å². The minimum absolute atomic E-state index is 0.194. The maximum Gasteiger partial charge on any atom is 0.178 e. The quantitative estimate of drug-likeness (QED) is 0.788. The molecule has 0 unspecified atom stereocenters. The van der Waals surface area contributed by atoms with E-state index in [1.165, 1.54) is 37.0 Å². The second kappa shape index (κ2) is 5.64. The number of hydrogen-bond donors (Lipinski definition) is 2. The Morgan fingerprint density at radius 3 is 2.65 bits per heavy atom. The number of ether oxygens (including phenoxy) is 1. The van der Waals surface area contributed by atoms with E-state index in [-0.39, 0.29) is 11.7 Å². The highest BCUT2D eigenvalue weighted by Gasteiger charge is 2.34. The highest BCUT2D eigenvalue weighted by molar-refractivity contribution is 7.19. The van der Waals surface area contributed by atoms with E-state index in [9.17, 15) is 4.79 Å². The molecular formula is C15H22N2O2S. The molecular weight excluding hydrogens is 272 g/mol. The van der Waals surface area contributed by atoms with E-state index >= 15 is 0 Å². The van der Waals surface area contributed by atoms with Crippen LogP contribution in [0.4, 0.5) is 10.7 Å². The number of rotatable bonds is 6. The van der Waals surface area contributed by atoms with Crippen LogP contribution >= 0.6 is 11.3 Å². The molecule has 0 amide bonds. The minimum atomic E-state index is 0.194. The van der Waals surface area contributed by atoms with Gasteiger partial charge in [-0.1, -0.05) is 12.8 Å². The summed E-state index contributed by atoms with van der Waals surface area (Å²) in [5.41, 5.74) is 6.61. The third-order valence-corrected chi connectivity index (χ3v) is 5.46. The Hall–Kier alpha value is -1.23. The van der Waals surface area contributed by atoms with Crippen molar-refractivity contribution < 1.29 is 9.53 Å². The van der Waals surface area contributed by atoms with Crippen LogP contribution in [0.5, 0.6) is 5.75 Å². The van der Waals surface area contributed by atoms with Gasteiger partial charge in [0.1, 0.15) is 5.00 Å². The van der Waals surface area contributed by atoms with Gasteiger partial charge in [-0.25, -0.2) is 0 Å². The lowest BCUT2D eigenvalue weighted by Gasteiger charge is -2.11. The van der Waals surface area contributed by atoms with E-state index in [2.05, 4.69) is 5.32 Å². The van der Waals surface area contributed by atoms with E-state index in [1.54, 1.807) is 7.11 Å². The van der Waals surface area contributed by atoms with Crippen molar-refractivity contribution >= 4 is 27.8 Å². The van der Waals surface area contributed by atoms with Gasteiger partial charge in [0.2, 0.25) is 0 Å². The normalized spacial score (nSPS) is 19.2. The van der Waals surface area contributed by atoms with E-state index in [0.717, 1.165) is 30.3 Å². The summed E-state index contributed by atoms with van der Waals surface area (Å²) in [7, 11) is 1.62. The molecule has 1 heterocycles. The van der Waals surface area contributed by atoms with Crippen LogP contribution in [0.1, 0.15) is 48.2 Å². The van der Waals surface area contributed by atoms with Gasteiger partial charge in [-0.3, -0.25) is 4.79 Å². The molecule has 0 aliphatic heterocycles. The Bertz CT molecular complexity index is 502. The lowest BCUT2D eigenvalue weighted by atomic mass is 10.1. The molecule has 2 saturated carbocycles. The summed E-state index contributed by atoms with van der Waals surface area (Å²) in [4.78, 5) is 12.9. The smallest absolute Gasteiger partial charge is 0.178 e. The first kappa shape index (κ1) is 13.7. The van der Waals surface area contributed by atoms with Crippen LogP contribution in [-0.2, 0) is 0 Å². The lowest BCUT2D eigenvalue weighted by Crippen LogP contribution is -2.10. The molecule has 0 radical (unpaired) electrons. The molecule has 2 fully saturated rings. The molecule has 20 heavy (non-hydrogen) atoms. The highest BCUT2D eigenvalue weighted by Crippen LogP contribution is 2.46. The Morgan fingerprint density at radius 1 is 1.35 bits per heavy atom. The monoisotopic (exact) mass is 294 g/mol. The Kier molecular flexibility index (Phi) is 3.87. The van der Waals surface area contributed by atoms with Gasteiger partial charge in [-0.05, 0) is 31.6 Å². The maximum atomic E-state index is 12.2. The first-order valence-electron chi connectivity index (χ1n) is 7.45. The third kappa shape index (κ3) is 2.64. The molecule has 1 aromatic heterocycles. The van der Waals surface area contributed by atoms with E-state index in [4.69, 9.17) is 10.5 Å². The van der Waals surface area contributed by atoms with Gasteiger partial charge in [0.05, 0.1) is 17.7 Å². The zero-order valence-corrected chi connectivity index (χ0v) is 12.7. The number of nitrogens with two attached hydrogens (primary N) is 1. The molecule has 110 valence electrons. The van der Waals surface area contributed by atoms with Crippen LogP contribution in [-0.4, -0.2) is 19.4 Å². The van der Waals surface area contributed by atoms with Gasteiger partial charge in [0, 0.05) is 12.5 Å². The average Bonchev–Trinajstić information content (AvgIpc) is 3.07. The Balaban J connectivity index is 1.74. The van der Waals surface area contributed by atoms with E-state index < -0.39 is 0 Å². The molecule has 0 saturated heterocycles. The Labute approximate surface area is 123 Å². The third-order valence-electron chi connectivity index (χ3n) is 4.30.